The minimum Gasteiger partial charge on any atom is -0.373 e. The average molecular weight is 322 g/mol. The van der Waals surface area contributed by atoms with Gasteiger partial charge in [-0.1, -0.05) is 35.4 Å². The quantitative estimate of drug-likeness (QED) is 0.877. The van der Waals surface area contributed by atoms with Gasteiger partial charge in [0.2, 0.25) is 5.91 Å². The van der Waals surface area contributed by atoms with Crippen LogP contribution in [0.5, 0.6) is 0 Å². The molecule has 0 aromatic heterocycles. The summed E-state index contributed by atoms with van der Waals surface area (Å²) in [5.41, 5.74) is 5.86. The number of anilines is 2. The van der Waals surface area contributed by atoms with E-state index in [9.17, 15) is 9.59 Å². The second-order valence-corrected chi connectivity index (χ2v) is 6.58. The van der Waals surface area contributed by atoms with Crippen molar-refractivity contribution in [2.45, 2.75) is 40.2 Å². The Hall–Kier alpha value is -2.62. The molecule has 1 unspecified atom stereocenters. The zero-order valence-corrected chi connectivity index (χ0v) is 14.5. The summed E-state index contributed by atoms with van der Waals surface area (Å²) < 4.78 is 0. The largest absolute Gasteiger partial charge is 0.373 e. The van der Waals surface area contributed by atoms with Crippen LogP contribution in [0.2, 0.25) is 0 Å². The molecule has 1 aliphatic heterocycles. The minimum atomic E-state index is -0.514. The summed E-state index contributed by atoms with van der Waals surface area (Å²) in [6, 6.07) is 11.3. The number of aryl methyl sites for hydroxylation is 4. The Labute approximate surface area is 142 Å². The fourth-order valence-electron chi connectivity index (χ4n) is 3.22. The fraction of sp³-hybridized carbons (Fsp3) is 0.300. The van der Waals surface area contributed by atoms with Crippen molar-refractivity contribution in [1.82, 2.24) is 0 Å². The van der Waals surface area contributed by atoms with Crippen molar-refractivity contribution in [3.8, 4) is 0 Å². The first-order valence-corrected chi connectivity index (χ1v) is 8.14. The molecule has 0 bridgehead atoms. The zero-order valence-electron chi connectivity index (χ0n) is 14.5. The fourth-order valence-corrected chi connectivity index (χ4v) is 3.22. The van der Waals surface area contributed by atoms with Gasteiger partial charge in [0.25, 0.3) is 5.91 Å². The maximum atomic E-state index is 12.8. The second kappa shape index (κ2) is 6.11. The predicted molar refractivity (Wildman–Crippen MR) is 96.4 cm³/mol. The third-order valence-corrected chi connectivity index (χ3v) is 4.45. The first kappa shape index (κ1) is 16.2. The van der Waals surface area contributed by atoms with E-state index in [2.05, 4.69) is 11.4 Å². The molecule has 2 aromatic carbocycles. The van der Waals surface area contributed by atoms with E-state index in [0.29, 0.717) is 5.69 Å². The van der Waals surface area contributed by atoms with E-state index in [1.807, 2.05) is 58.0 Å². The van der Waals surface area contributed by atoms with E-state index in [-0.39, 0.29) is 18.2 Å². The van der Waals surface area contributed by atoms with Crippen LogP contribution >= 0.6 is 0 Å². The van der Waals surface area contributed by atoms with Gasteiger partial charge in [-0.05, 0) is 51.0 Å². The lowest BCUT2D eigenvalue weighted by atomic mass is 10.1. The molecular formula is C20H22N2O2. The number of amides is 2. The summed E-state index contributed by atoms with van der Waals surface area (Å²) in [7, 11) is 0. The van der Waals surface area contributed by atoms with Crippen LogP contribution in [0, 0.1) is 27.7 Å². The van der Waals surface area contributed by atoms with Crippen molar-refractivity contribution >= 4 is 23.2 Å². The van der Waals surface area contributed by atoms with E-state index in [1.165, 1.54) is 10.5 Å². The van der Waals surface area contributed by atoms with Crippen molar-refractivity contribution in [3.05, 3.63) is 58.7 Å². The van der Waals surface area contributed by atoms with Crippen molar-refractivity contribution in [3.63, 3.8) is 0 Å². The van der Waals surface area contributed by atoms with E-state index in [1.54, 1.807) is 0 Å². The summed E-state index contributed by atoms with van der Waals surface area (Å²) in [6.45, 7) is 7.95. The number of nitrogens with zero attached hydrogens (tertiary/aromatic N) is 1. The number of carbonyl (C=O) groups is 2. The third-order valence-electron chi connectivity index (χ3n) is 4.45. The number of hydrogen-bond donors (Lipinski definition) is 1. The molecule has 1 atom stereocenters. The molecule has 124 valence electrons. The molecular weight excluding hydrogens is 300 g/mol. The first-order valence-electron chi connectivity index (χ1n) is 8.14. The number of rotatable bonds is 3. The van der Waals surface area contributed by atoms with E-state index >= 15 is 0 Å². The summed E-state index contributed by atoms with van der Waals surface area (Å²) in [5, 5.41) is 3.24. The number of benzene rings is 2. The minimum absolute atomic E-state index is 0.158. The van der Waals surface area contributed by atoms with Crippen LogP contribution < -0.4 is 10.2 Å². The summed E-state index contributed by atoms with van der Waals surface area (Å²) in [6.07, 6.45) is 0.180. The van der Waals surface area contributed by atoms with Gasteiger partial charge in [0.1, 0.15) is 6.04 Å². The van der Waals surface area contributed by atoms with E-state index < -0.39 is 6.04 Å². The molecule has 1 fully saturated rings. The Morgan fingerprint density at radius 1 is 0.917 bits per heavy atom. The lowest BCUT2D eigenvalue weighted by molar-refractivity contribution is -0.121. The van der Waals surface area contributed by atoms with E-state index in [0.717, 1.165) is 22.4 Å². The molecule has 0 saturated carbocycles. The first-order chi connectivity index (χ1) is 11.4. The van der Waals surface area contributed by atoms with Gasteiger partial charge >= 0.3 is 0 Å². The van der Waals surface area contributed by atoms with Crippen molar-refractivity contribution in [1.29, 1.82) is 0 Å². The molecule has 4 nitrogen and oxygen atoms in total. The van der Waals surface area contributed by atoms with Crippen LogP contribution in [0.25, 0.3) is 0 Å². The predicted octanol–water partition coefficient (Wildman–Crippen LogP) is 3.66. The Kier molecular flexibility index (Phi) is 4.14. The summed E-state index contributed by atoms with van der Waals surface area (Å²) in [4.78, 5) is 26.5. The standard InChI is InChI=1S/C20H22N2O2/c1-12-5-7-16(14(3)9-12)21-17-11-19(23)22(20(17)24)18-8-6-13(2)10-15(18)4/h5-10,17,21H,11H2,1-4H3. The van der Waals surface area contributed by atoms with Crippen LogP contribution in [0.3, 0.4) is 0 Å². The summed E-state index contributed by atoms with van der Waals surface area (Å²) in [5.74, 6) is -0.346. The van der Waals surface area contributed by atoms with Crippen LogP contribution in [-0.2, 0) is 9.59 Å². The van der Waals surface area contributed by atoms with E-state index in [4.69, 9.17) is 0 Å². The molecule has 0 radical (unpaired) electrons. The van der Waals surface area contributed by atoms with Gasteiger partial charge < -0.3 is 5.32 Å². The Balaban J connectivity index is 1.86. The monoisotopic (exact) mass is 322 g/mol. The SMILES string of the molecule is Cc1ccc(NC2CC(=O)N(c3ccc(C)cc3C)C2=O)c(C)c1. The van der Waals surface area contributed by atoms with Gasteiger partial charge in [0.05, 0.1) is 12.1 Å². The number of imide groups is 1. The zero-order chi connectivity index (χ0) is 17.4. The lowest BCUT2D eigenvalue weighted by Gasteiger charge is -2.19. The van der Waals surface area contributed by atoms with Crippen LogP contribution in [0.1, 0.15) is 28.7 Å². The smallest absolute Gasteiger partial charge is 0.256 e. The average Bonchev–Trinajstić information content (AvgIpc) is 2.77. The van der Waals surface area contributed by atoms with Gasteiger partial charge in [0.15, 0.2) is 0 Å². The lowest BCUT2D eigenvalue weighted by Crippen LogP contribution is -2.35. The Morgan fingerprint density at radius 3 is 2.17 bits per heavy atom. The third kappa shape index (κ3) is 2.92. The molecule has 4 heteroatoms. The second-order valence-electron chi connectivity index (χ2n) is 6.58. The maximum absolute atomic E-state index is 12.8. The highest BCUT2D eigenvalue weighted by molar-refractivity contribution is 6.23. The normalized spacial score (nSPS) is 17.5. The summed E-state index contributed by atoms with van der Waals surface area (Å²) >= 11 is 0. The maximum Gasteiger partial charge on any atom is 0.256 e. The van der Waals surface area contributed by atoms with Gasteiger partial charge in [0, 0.05) is 5.69 Å². The molecule has 2 aromatic rings. The topological polar surface area (TPSA) is 49.4 Å². The highest BCUT2D eigenvalue weighted by Gasteiger charge is 2.40. The van der Waals surface area contributed by atoms with Gasteiger partial charge in [-0.25, -0.2) is 4.90 Å². The Bertz CT molecular complexity index is 826. The number of nitrogens with one attached hydrogen (secondary N) is 1. The Morgan fingerprint density at radius 2 is 1.54 bits per heavy atom. The molecule has 0 aliphatic carbocycles. The van der Waals surface area contributed by atoms with Crippen LogP contribution in [0.4, 0.5) is 11.4 Å². The number of carbonyl (C=O) groups excluding carboxylic acids is 2. The van der Waals surface area contributed by atoms with Crippen molar-refractivity contribution in [2.75, 3.05) is 10.2 Å². The van der Waals surface area contributed by atoms with Crippen molar-refractivity contribution in [2.24, 2.45) is 0 Å². The molecule has 1 aliphatic rings. The van der Waals surface area contributed by atoms with Gasteiger partial charge in [-0.2, -0.15) is 0 Å². The van der Waals surface area contributed by atoms with Crippen LogP contribution in [0.15, 0.2) is 36.4 Å². The van der Waals surface area contributed by atoms with Gasteiger partial charge in [-0.3, -0.25) is 9.59 Å². The molecule has 1 N–H and O–H groups in total. The highest BCUT2D eigenvalue weighted by Crippen LogP contribution is 2.29. The molecule has 3 rings (SSSR count). The van der Waals surface area contributed by atoms with Crippen molar-refractivity contribution < 1.29 is 9.59 Å². The van der Waals surface area contributed by atoms with Gasteiger partial charge in [-0.15, -0.1) is 0 Å². The van der Waals surface area contributed by atoms with Crippen LogP contribution in [-0.4, -0.2) is 17.9 Å². The highest BCUT2D eigenvalue weighted by atomic mass is 16.2. The molecule has 24 heavy (non-hydrogen) atoms. The molecule has 1 saturated heterocycles. The molecule has 1 heterocycles. The number of hydrogen-bond acceptors (Lipinski definition) is 3. The molecule has 0 spiro atoms. The molecule has 2 amide bonds.